The summed E-state index contributed by atoms with van der Waals surface area (Å²) < 4.78 is 0. The fourth-order valence-electron chi connectivity index (χ4n) is 3.64. The minimum Gasteiger partial charge on any atom is -0.314 e. The van der Waals surface area contributed by atoms with Gasteiger partial charge in [-0.15, -0.1) is 0 Å². The van der Waals surface area contributed by atoms with Crippen molar-refractivity contribution in [3.05, 3.63) is 0 Å². The van der Waals surface area contributed by atoms with Gasteiger partial charge in [0, 0.05) is 31.7 Å². The second-order valence-electron chi connectivity index (χ2n) is 6.75. The van der Waals surface area contributed by atoms with Gasteiger partial charge < -0.3 is 20.0 Å². The highest BCUT2D eigenvalue weighted by Crippen LogP contribution is 2.26. The minimum atomic E-state index is 0.709. The van der Waals surface area contributed by atoms with Gasteiger partial charge in [0.15, 0.2) is 0 Å². The molecular weight excluding hydrogens is 236 g/mol. The molecule has 2 saturated heterocycles. The lowest BCUT2D eigenvalue weighted by Gasteiger charge is -2.42. The zero-order valence-corrected chi connectivity index (χ0v) is 13.2. The van der Waals surface area contributed by atoms with E-state index in [1.54, 1.807) is 0 Å². The van der Waals surface area contributed by atoms with Crippen molar-refractivity contribution in [2.75, 3.05) is 60.9 Å². The average molecular weight is 268 g/mol. The van der Waals surface area contributed by atoms with Gasteiger partial charge in [-0.25, -0.2) is 0 Å². The van der Waals surface area contributed by atoms with Gasteiger partial charge in [0.05, 0.1) is 0 Å². The third-order valence-corrected chi connectivity index (χ3v) is 5.13. The summed E-state index contributed by atoms with van der Waals surface area (Å²) in [5, 5.41) is 3.55. The molecule has 0 aromatic rings. The number of likely N-dealkylation sites (tertiary alicyclic amines) is 1. The molecule has 2 aliphatic heterocycles. The Bertz CT molecular complexity index is 261. The van der Waals surface area contributed by atoms with E-state index in [1.165, 1.54) is 38.9 Å². The predicted molar refractivity (Wildman–Crippen MR) is 81.6 cm³/mol. The molecule has 0 aliphatic carbocycles. The number of nitrogens with zero attached hydrogens (tertiary/aromatic N) is 3. The van der Waals surface area contributed by atoms with E-state index in [9.17, 15) is 0 Å². The molecule has 2 heterocycles. The standard InChI is InChI=1S/C15H32N4/c1-17(2)15(13-5-8-18(3)9-6-13)11-14-12-16-7-10-19(14)4/h13-16H,5-12H2,1-4H3. The molecule has 4 nitrogen and oxygen atoms in total. The van der Waals surface area contributed by atoms with Gasteiger partial charge in [-0.1, -0.05) is 0 Å². The maximum atomic E-state index is 3.55. The maximum absolute atomic E-state index is 3.55. The molecule has 0 aromatic heterocycles. The van der Waals surface area contributed by atoms with E-state index in [0.29, 0.717) is 6.04 Å². The number of hydrogen-bond acceptors (Lipinski definition) is 4. The lowest BCUT2D eigenvalue weighted by atomic mass is 9.85. The van der Waals surface area contributed by atoms with Gasteiger partial charge in [-0.05, 0) is 66.5 Å². The number of nitrogens with one attached hydrogen (secondary N) is 1. The fourth-order valence-corrected chi connectivity index (χ4v) is 3.64. The second kappa shape index (κ2) is 7.02. The smallest absolute Gasteiger partial charge is 0.0233 e. The Balaban J connectivity index is 1.92. The van der Waals surface area contributed by atoms with Gasteiger partial charge in [0.25, 0.3) is 0 Å². The summed E-state index contributed by atoms with van der Waals surface area (Å²) in [5.74, 6) is 0.876. The molecule has 2 unspecified atom stereocenters. The number of hydrogen-bond donors (Lipinski definition) is 1. The molecule has 0 radical (unpaired) electrons. The first-order valence-electron chi connectivity index (χ1n) is 7.84. The van der Waals surface area contributed by atoms with Crippen LogP contribution < -0.4 is 5.32 Å². The summed E-state index contributed by atoms with van der Waals surface area (Å²) in [4.78, 5) is 7.48. The Hall–Kier alpha value is -0.160. The van der Waals surface area contributed by atoms with E-state index in [-0.39, 0.29) is 0 Å². The van der Waals surface area contributed by atoms with Crippen LogP contribution in [0.15, 0.2) is 0 Å². The van der Waals surface area contributed by atoms with Crippen LogP contribution in [0, 0.1) is 5.92 Å². The molecule has 0 amide bonds. The highest BCUT2D eigenvalue weighted by Gasteiger charge is 2.30. The Morgan fingerprint density at radius 3 is 2.42 bits per heavy atom. The molecule has 0 aromatic carbocycles. The van der Waals surface area contributed by atoms with Crippen molar-refractivity contribution in [3.8, 4) is 0 Å². The average Bonchev–Trinajstić information content (AvgIpc) is 2.39. The first kappa shape index (κ1) is 15.2. The summed E-state index contributed by atoms with van der Waals surface area (Å²) in [5.41, 5.74) is 0. The van der Waals surface area contributed by atoms with E-state index in [0.717, 1.165) is 25.0 Å². The molecule has 2 atom stereocenters. The molecule has 112 valence electrons. The predicted octanol–water partition coefficient (Wildman–Crippen LogP) is 0.552. The zero-order valence-electron chi connectivity index (χ0n) is 13.2. The van der Waals surface area contributed by atoms with Crippen LogP contribution >= 0.6 is 0 Å². The fraction of sp³-hybridized carbons (Fsp3) is 1.00. The SMILES string of the molecule is CN1CCC(C(CC2CNCCN2C)N(C)C)CC1. The molecule has 2 fully saturated rings. The van der Waals surface area contributed by atoms with Crippen molar-refractivity contribution in [1.82, 2.24) is 20.0 Å². The first-order chi connectivity index (χ1) is 9.08. The van der Waals surface area contributed by atoms with Crippen LogP contribution in [0.4, 0.5) is 0 Å². The van der Waals surface area contributed by atoms with Crippen LogP contribution in [0.1, 0.15) is 19.3 Å². The summed E-state index contributed by atoms with van der Waals surface area (Å²) >= 11 is 0. The molecule has 1 N–H and O–H groups in total. The number of piperidine rings is 1. The monoisotopic (exact) mass is 268 g/mol. The summed E-state index contributed by atoms with van der Waals surface area (Å²) in [7, 11) is 9.06. The van der Waals surface area contributed by atoms with Crippen molar-refractivity contribution in [2.24, 2.45) is 5.92 Å². The van der Waals surface area contributed by atoms with Crippen molar-refractivity contribution < 1.29 is 0 Å². The van der Waals surface area contributed by atoms with Crippen LogP contribution in [0.3, 0.4) is 0 Å². The molecule has 4 heteroatoms. The quantitative estimate of drug-likeness (QED) is 0.804. The second-order valence-corrected chi connectivity index (χ2v) is 6.75. The van der Waals surface area contributed by atoms with Crippen molar-refractivity contribution >= 4 is 0 Å². The van der Waals surface area contributed by atoms with E-state index in [2.05, 4.69) is 48.2 Å². The lowest BCUT2D eigenvalue weighted by Crippen LogP contribution is -2.53. The molecule has 2 aliphatic rings. The first-order valence-corrected chi connectivity index (χ1v) is 7.84. The Labute approximate surface area is 119 Å². The van der Waals surface area contributed by atoms with E-state index < -0.39 is 0 Å². The Kier molecular flexibility index (Phi) is 5.63. The van der Waals surface area contributed by atoms with Gasteiger partial charge in [-0.3, -0.25) is 0 Å². The van der Waals surface area contributed by atoms with Crippen LogP contribution in [0.25, 0.3) is 0 Å². The van der Waals surface area contributed by atoms with Crippen molar-refractivity contribution in [2.45, 2.75) is 31.3 Å². The van der Waals surface area contributed by atoms with Gasteiger partial charge in [-0.2, -0.15) is 0 Å². The normalized spacial score (nSPS) is 29.8. The number of rotatable bonds is 4. The van der Waals surface area contributed by atoms with Gasteiger partial charge in [0.1, 0.15) is 0 Å². The van der Waals surface area contributed by atoms with E-state index >= 15 is 0 Å². The highest BCUT2D eigenvalue weighted by molar-refractivity contribution is 4.88. The summed E-state index contributed by atoms with van der Waals surface area (Å²) in [6, 6.07) is 1.45. The lowest BCUT2D eigenvalue weighted by molar-refractivity contribution is 0.0886. The molecule has 0 saturated carbocycles. The highest BCUT2D eigenvalue weighted by atomic mass is 15.2. The minimum absolute atomic E-state index is 0.709. The van der Waals surface area contributed by atoms with Crippen molar-refractivity contribution in [1.29, 1.82) is 0 Å². The topological polar surface area (TPSA) is 21.8 Å². The van der Waals surface area contributed by atoms with Crippen LogP contribution in [0.5, 0.6) is 0 Å². The molecule has 2 rings (SSSR count). The molecule has 19 heavy (non-hydrogen) atoms. The molecular formula is C15H32N4. The zero-order chi connectivity index (χ0) is 13.8. The molecule has 0 bridgehead atoms. The van der Waals surface area contributed by atoms with E-state index in [1.807, 2.05) is 0 Å². The number of piperazine rings is 1. The summed E-state index contributed by atoms with van der Waals surface area (Å²) in [6.07, 6.45) is 4.04. The maximum Gasteiger partial charge on any atom is 0.0233 e. The van der Waals surface area contributed by atoms with E-state index in [4.69, 9.17) is 0 Å². The summed E-state index contributed by atoms with van der Waals surface area (Å²) in [6.45, 7) is 6.04. The third-order valence-electron chi connectivity index (χ3n) is 5.13. The van der Waals surface area contributed by atoms with Crippen LogP contribution in [-0.2, 0) is 0 Å². The van der Waals surface area contributed by atoms with Gasteiger partial charge >= 0.3 is 0 Å². The Morgan fingerprint density at radius 1 is 1.16 bits per heavy atom. The van der Waals surface area contributed by atoms with Crippen LogP contribution in [0.2, 0.25) is 0 Å². The van der Waals surface area contributed by atoms with Crippen LogP contribution in [-0.4, -0.2) is 87.7 Å². The largest absolute Gasteiger partial charge is 0.314 e. The number of likely N-dealkylation sites (N-methyl/N-ethyl adjacent to an activating group) is 1. The Morgan fingerprint density at radius 2 is 1.84 bits per heavy atom. The molecule has 0 spiro atoms. The van der Waals surface area contributed by atoms with Gasteiger partial charge in [0.2, 0.25) is 0 Å². The van der Waals surface area contributed by atoms with Crippen molar-refractivity contribution in [3.63, 3.8) is 0 Å². The third kappa shape index (κ3) is 4.15.